The van der Waals surface area contributed by atoms with Crippen molar-refractivity contribution in [1.29, 1.82) is 0 Å². The molecule has 6 nitrogen and oxygen atoms in total. The van der Waals surface area contributed by atoms with Crippen LogP contribution in [0.25, 0.3) is 0 Å². The number of anilines is 1. The second-order valence-corrected chi connectivity index (χ2v) is 16.3. The van der Waals surface area contributed by atoms with Crippen molar-refractivity contribution in [1.82, 2.24) is 9.55 Å². The minimum absolute atomic E-state index is 0.0453. The number of thioether (sulfide) groups is 1. The van der Waals surface area contributed by atoms with Crippen molar-refractivity contribution in [3.8, 4) is 0 Å². The zero-order chi connectivity index (χ0) is 25.5. The summed E-state index contributed by atoms with van der Waals surface area (Å²) in [6.45, 7) is 8.21. The third-order valence-corrected chi connectivity index (χ3v) is 8.50. The maximum atomic E-state index is 14.9. The maximum absolute atomic E-state index is 14.9. The average molecular weight is 528 g/mol. The van der Waals surface area contributed by atoms with E-state index in [0.29, 0.717) is 32.8 Å². The van der Waals surface area contributed by atoms with Gasteiger partial charge >= 0.3 is 5.69 Å². The highest BCUT2D eigenvalue weighted by Gasteiger charge is 2.37. The zero-order valence-electron chi connectivity index (χ0n) is 21.0. The average Bonchev–Trinajstić information content (AvgIpc) is 3.24. The lowest BCUT2D eigenvalue weighted by Crippen LogP contribution is -2.36. The zero-order valence-corrected chi connectivity index (χ0v) is 22.8. The highest BCUT2D eigenvalue weighted by atomic mass is 32.2. The van der Waals surface area contributed by atoms with Gasteiger partial charge in [0.2, 0.25) is 0 Å². The van der Waals surface area contributed by atoms with Crippen LogP contribution >= 0.6 is 11.8 Å². The Balaban J connectivity index is 1.44. The SMILES string of the molecule is C[Si](C)(C)Nc1nc(=O)n(C2C[C@H](COCc3ccccc3)[C@@H](COCc3ccccc3)S2)cc1F. The van der Waals surface area contributed by atoms with E-state index in [1.165, 1.54) is 10.8 Å². The van der Waals surface area contributed by atoms with Gasteiger partial charge in [0.25, 0.3) is 0 Å². The molecule has 4 rings (SSSR count). The first-order valence-corrected chi connectivity index (χ1v) is 16.7. The summed E-state index contributed by atoms with van der Waals surface area (Å²) in [5.74, 6) is -0.295. The number of benzene rings is 2. The molecule has 2 aromatic carbocycles. The first-order valence-electron chi connectivity index (χ1n) is 12.2. The van der Waals surface area contributed by atoms with E-state index in [4.69, 9.17) is 9.47 Å². The Bertz CT molecular complexity index is 1120. The summed E-state index contributed by atoms with van der Waals surface area (Å²) in [7, 11) is -1.85. The molecule has 0 radical (unpaired) electrons. The Morgan fingerprint density at radius 3 is 2.17 bits per heavy atom. The van der Waals surface area contributed by atoms with Crippen molar-refractivity contribution in [3.63, 3.8) is 0 Å². The van der Waals surface area contributed by atoms with Crippen LogP contribution < -0.4 is 10.7 Å². The number of nitrogens with one attached hydrogen (secondary N) is 1. The molecule has 1 unspecified atom stereocenters. The molecule has 0 spiro atoms. The highest BCUT2D eigenvalue weighted by Crippen LogP contribution is 2.45. The highest BCUT2D eigenvalue weighted by molar-refractivity contribution is 8.00. The van der Waals surface area contributed by atoms with Gasteiger partial charge in [-0.25, -0.2) is 9.18 Å². The van der Waals surface area contributed by atoms with E-state index < -0.39 is 19.7 Å². The quantitative estimate of drug-likeness (QED) is 0.324. The third-order valence-electron chi connectivity index (χ3n) is 5.91. The van der Waals surface area contributed by atoms with Crippen LogP contribution in [-0.2, 0) is 22.7 Å². The molecule has 3 atom stereocenters. The minimum atomic E-state index is -1.85. The number of rotatable bonds is 11. The lowest BCUT2D eigenvalue weighted by molar-refractivity contribution is 0.0622. The lowest BCUT2D eigenvalue weighted by Gasteiger charge is -2.20. The van der Waals surface area contributed by atoms with Crippen molar-refractivity contribution in [2.24, 2.45) is 5.92 Å². The molecule has 0 aliphatic carbocycles. The van der Waals surface area contributed by atoms with Crippen molar-refractivity contribution in [2.45, 2.75) is 49.9 Å². The summed E-state index contributed by atoms with van der Waals surface area (Å²) in [5, 5.41) is -0.111. The molecule has 0 saturated carbocycles. The first kappa shape index (κ1) is 26.6. The fourth-order valence-corrected chi connectivity index (χ4v) is 6.69. The van der Waals surface area contributed by atoms with Crippen LogP contribution in [-0.4, -0.2) is 36.3 Å². The van der Waals surface area contributed by atoms with E-state index in [1.54, 1.807) is 11.8 Å². The Kier molecular flexibility index (Phi) is 9.00. The second-order valence-electron chi connectivity index (χ2n) is 10.1. The van der Waals surface area contributed by atoms with Crippen LogP contribution in [0.1, 0.15) is 22.9 Å². The molecule has 1 saturated heterocycles. The van der Waals surface area contributed by atoms with Crippen molar-refractivity contribution in [2.75, 3.05) is 18.2 Å². The van der Waals surface area contributed by atoms with Gasteiger partial charge in [-0.2, -0.15) is 4.98 Å². The molecule has 0 bridgehead atoms. The van der Waals surface area contributed by atoms with Gasteiger partial charge < -0.3 is 14.5 Å². The summed E-state index contributed by atoms with van der Waals surface area (Å²) in [6, 6.07) is 20.1. The van der Waals surface area contributed by atoms with E-state index in [2.05, 4.69) is 9.97 Å². The molecule has 1 N–H and O–H groups in total. The van der Waals surface area contributed by atoms with Gasteiger partial charge in [0.15, 0.2) is 11.6 Å². The number of halogens is 1. The summed E-state index contributed by atoms with van der Waals surface area (Å²) >= 11 is 1.63. The van der Waals surface area contributed by atoms with Gasteiger partial charge in [-0.05, 0) is 23.5 Å². The summed E-state index contributed by atoms with van der Waals surface area (Å²) < 4.78 is 28.4. The maximum Gasteiger partial charge on any atom is 0.350 e. The van der Waals surface area contributed by atoms with E-state index in [9.17, 15) is 9.18 Å². The van der Waals surface area contributed by atoms with Crippen molar-refractivity contribution >= 4 is 25.8 Å². The second kappa shape index (κ2) is 12.2. The fraction of sp³-hybridized carbons (Fsp3) is 0.407. The summed E-state index contributed by atoms with van der Waals surface area (Å²) in [6.07, 6.45) is 1.98. The lowest BCUT2D eigenvalue weighted by atomic mass is 10.0. The van der Waals surface area contributed by atoms with Gasteiger partial charge in [0.05, 0.1) is 31.8 Å². The van der Waals surface area contributed by atoms with E-state index in [-0.39, 0.29) is 22.4 Å². The standard InChI is InChI=1S/C27H34FN3O3SSi/c1-36(2,3)30-26-23(28)15-31(27(32)29-26)25-14-22(18-33-16-20-10-6-4-7-11-20)24(35-25)19-34-17-21-12-8-5-9-13-21/h4-13,15,22,24-25H,14,16-19H2,1-3H3,(H,29,30,32)/t22-,24-,25?/m1/s1. The fourth-order valence-electron chi connectivity index (χ4n) is 4.17. The van der Waals surface area contributed by atoms with E-state index in [0.717, 1.165) is 11.1 Å². The monoisotopic (exact) mass is 527 g/mol. The predicted molar refractivity (Wildman–Crippen MR) is 146 cm³/mol. The molecule has 192 valence electrons. The largest absolute Gasteiger partial charge is 0.393 e. The van der Waals surface area contributed by atoms with Crippen LogP contribution in [0.15, 0.2) is 71.7 Å². The normalized spacial score (nSPS) is 19.9. The molecule has 0 amide bonds. The van der Waals surface area contributed by atoms with Gasteiger partial charge in [-0.3, -0.25) is 4.57 Å². The molecule has 9 heteroatoms. The number of ether oxygens (including phenoxy) is 2. The van der Waals surface area contributed by atoms with Crippen LogP contribution in [0.2, 0.25) is 19.6 Å². The van der Waals surface area contributed by atoms with Crippen LogP contribution in [0.3, 0.4) is 0 Å². The van der Waals surface area contributed by atoms with E-state index in [1.807, 2.05) is 80.3 Å². The molecule has 1 aliphatic heterocycles. The van der Waals surface area contributed by atoms with E-state index >= 15 is 0 Å². The van der Waals surface area contributed by atoms with Crippen molar-refractivity contribution < 1.29 is 13.9 Å². The van der Waals surface area contributed by atoms with Gasteiger partial charge in [-0.15, -0.1) is 11.8 Å². The molecule has 36 heavy (non-hydrogen) atoms. The predicted octanol–water partition coefficient (Wildman–Crippen LogP) is 5.68. The Hall–Kier alpha value is -2.46. The first-order chi connectivity index (χ1) is 17.3. The molecule has 1 aliphatic rings. The molecule has 1 fully saturated rings. The molecular weight excluding hydrogens is 493 g/mol. The molecule has 1 aromatic heterocycles. The van der Waals surface area contributed by atoms with Crippen molar-refractivity contribution in [3.05, 3.63) is 94.3 Å². The Labute approximate surface area is 217 Å². The number of hydrogen-bond donors (Lipinski definition) is 1. The van der Waals surface area contributed by atoms with Crippen LogP contribution in [0.4, 0.5) is 10.2 Å². The van der Waals surface area contributed by atoms with Gasteiger partial charge in [0.1, 0.15) is 8.24 Å². The van der Waals surface area contributed by atoms with Gasteiger partial charge in [0, 0.05) is 11.4 Å². The van der Waals surface area contributed by atoms with Crippen LogP contribution in [0.5, 0.6) is 0 Å². The smallest absolute Gasteiger partial charge is 0.350 e. The van der Waals surface area contributed by atoms with Gasteiger partial charge in [-0.1, -0.05) is 80.3 Å². The summed E-state index contributed by atoms with van der Waals surface area (Å²) in [4.78, 5) is 20.0. The molecule has 3 aromatic rings. The summed E-state index contributed by atoms with van der Waals surface area (Å²) in [5.41, 5.74) is 1.79. The Morgan fingerprint density at radius 1 is 1.00 bits per heavy atom. The Morgan fingerprint density at radius 2 is 1.58 bits per heavy atom. The minimum Gasteiger partial charge on any atom is -0.393 e. The number of nitrogens with zero attached hydrogens (tertiary/aromatic N) is 2. The number of aromatic nitrogens is 2. The third kappa shape index (κ3) is 7.52. The van der Waals surface area contributed by atoms with Crippen LogP contribution in [0, 0.1) is 11.7 Å². The molecular formula is C27H34FN3O3SSi. The topological polar surface area (TPSA) is 65.4 Å². The molecule has 2 heterocycles. The number of hydrogen-bond acceptors (Lipinski definition) is 6.